The van der Waals surface area contributed by atoms with Crippen LogP contribution in [0.1, 0.15) is 51.3 Å². The fourth-order valence-corrected chi connectivity index (χ4v) is 9.07. The van der Waals surface area contributed by atoms with Crippen molar-refractivity contribution in [3.8, 4) is 27.4 Å². The van der Waals surface area contributed by atoms with E-state index >= 15 is 0 Å². The molecule has 0 unspecified atom stereocenters. The van der Waals surface area contributed by atoms with Crippen LogP contribution in [0.15, 0.2) is 60.1 Å². The number of amides is 4. The Morgan fingerprint density at radius 1 is 0.870 bits per heavy atom. The molecule has 2 aliphatic heterocycles. The molecule has 2 fully saturated rings. The van der Waals surface area contributed by atoms with Crippen LogP contribution < -0.4 is 26.6 Å². The van der Waals surface area contributed by atoms with Crippen LogP contribution in [0.25, 0.3) is 21.7 Å². The topological polar surface area (TPSA) is 253 Å². The highest BCUT2D eigenvalue weighted by Crippen LogP contribution is 2.34. The molecule has 2 aromatic carbocycles. The number of hydrogen-bond acceptors (Lipinski definition) is 16. The van der Waals surface area contributed by atoms with Crippen molar-refractivity contribution < 1.29 is 48.3 Å². The Hall–Kier alpha value is -5.77. The van der Waals surface area contributed by atoms with Crippen LogP contribution in [-0.4, -0.2) is 152 Å². The summed E-state index contributed by atoms with van der Waals surface area (Å²) in [5.74, 6) is -1.43. The highest BCUT2D eigenvalue weighted by atomic mass is 32.1. The number of aryl methyl sites for hydroxylation is 1. The lowest BCUT2D eigenvalue weighted by atomic mass is 9.79. The number of thiazole rings is 1. The number of piperidine rings is 1. The molecule has 2 aromatic heterocycles. The summed E-state index contributed by atoms with van der Waals surface area (Å²) in [6.45, 7) is 11.6. The summed E-state index contributed by atoms with van der Waals surface area (Å²) in [6, 6.07) is 15.8. The van der Waals surface area contributed by atoms with Gasteiger partial charge in [0.2, 0.25) is 23.6 Å². The lowest BCUT2D eigenvalue weighted by Gasteiger charge is -2.35. The Morgan fingerprint density at radius 3 is 2.19 bits per heavy atom. The SMILES string of the molecule is Cc1ncsc1-c1ccc(CNC(=O)[C@@H]2C[C@@H](O)CN2C(=O)[C@@H](CNC(=O)COCCOCCOCCOCCNC(=O)C2CCN(c3cc(-c4ccccc4O)nnc3N)CC2)C(C)(C)C)cc1. The van der Waals surface area contributed by atoms with E-state index in [1.807, 2.05) is 69.6 Å². The minimum absolute atomic E-state index is 0.0114. The van der Waals surface area contributed by atoms with Crippen molar-refractivity contribution in [3.05, 3.63) is 71.4 Å². The summed E-state index contributed by atoms with van der Waals surface area (Å²) < 4.78 is 22.2. The number of likely N-dealkylation sites (tertiary alicyclic amines) is 1. The number of nitrogen functional groups attached to an aromatic ring is 1. The van der Waals surface area contributed by atoms with Gasteiger partial charge in [-0.05, 0) is 54.5 Å². The average Bonchev–Trinajstić information content (AvgIpc) is 3.96. The Balaban J connectivity index is 0.773. The van der Waals surface area contributed by atoms with Gasteiger partial charge in [0.05, 0.1) is 85.7 Å². The van der Waals surface area contributed by atoms with Crippen molar-refractivity contribution in [2.45, 2.75) is 65.6 Å². The van der Waals surface area contributed by atoms with Crippen LogP contribution in [0.2, 0.25) is 0 Å². The van der Waals surface area contributed by atoms with Gasteiger partial charge in [0.15, 0.2) is 5.82 Å². The molecule has 0 aliphatic carbocycles. The number of para-hydroxylation sites is 1. The van der Waals surface area contributed by atoms with Crippen LogP contribution in [0.5, 0.6) is 5.75 Å². The molecule has 69 heavy (non-hydrogen) atoms. The number of anilines is 2. The third kappa shape index (κ3) is 15.4. The zero-order valence-corrected chi connectivity index (χ0v) is 40.8. The monoisotopic (exact) mass is 973 g/mol. The number of nitrogens with two attached hydrogens (primary N) is 1. The standard InChI is InChI=1S/C49H67N9O10S/c1-32-44(69-31-54-32)34-11-9-33(10-12-34)27-53-47(63)41-25-36(59)29-58(41)48(64)38(49(2,3)4)28-52-43(61)30-68-24-23-67-22-21-66-20-19-65-18-15-51-46(62)35-13-16-57(17-14-35)40-26-39(55-56-45(40)50)37-7-5-6-8-42(37)60/h5-12,26,31,35-36,38,41,59-60H,13-25,27-30H2,1-4H3,(H2,50,56)(H,51,62)(H,52,61)(H,53,63)/t36-,38-,41+/m1/s1. The Bertz CT molecular complexity index is 2300. The molecule has 2 aliphatic rings. The van der Waals surface area contributed by atoms with Gasteiger partial charge in [0.1, 0.15) is 18.4 Å². The van der Waals surface area contributed by atoms with Crippen molar-refractivity contribution in [2.24, 2.45) is 17.3 Å². The van der Waals surface area contributed by atoms with Crippen LogP contribution >= 0.6 is 11.3 Å². The number of phenols is 1. The first-order valence-electron chi connectivity index (χ1n) is 23.5. The van der Waals surface area contributed by atoms with E-state index in [9.17, 15) is 29.4 Å². The predicted molar refractivity (Wildman–Crippen MR) is 261 cm³/mol. The van der Waals surface area contributed by atoms with Crippen molar-refractivity contribution in [2.75, 3.05) is 96.2 Å². The van der Waals surface area contributed by atoms with Crippen molar-refractivity contribution >= 4 is 46.5 Å². The molecule has 4 aromatic rings. The third-order valence-electron chi connectivity index (χ3n) is 12.2. The number of aromatic nitrogens is 3. The zero-order valence-electron chi connectivity index (χ0n) is 40.0. The summed E-state index contributed by atoms with van der Waals surface area (Å²) >= 11 is 1.57. The van der Waals surface area contributed by atoms with Gasteiger partial charge < -0.3 is 60.6 Å². The van der Waals surface area contributed by atoms with Crippen LogP contribution in [0.4, 0.5) is 11.5 Å². The summed E-state index contributed by atoms with van der Waals surface area (Å²) in [7, 11) is 0. The van der Waals surface area contributed by atoms with E-state index in [4.69, 9.17) is 24.7 Å². The maximum atomic E-state index is 14.0. The molecule has 0 saturated carbocycles. The molecule has 4 heterocycles. The molecule has 19 nitrogen and oxygen atoms in total. The van der Waals surface area contributed by atoms with Crippen molar-refractivity contribution in [3.63, 3.8) is 0 Å². The molecule has 6 rings (SSSR count). The number of ether oxygens (including phenoxy) is 4. The number of hydrogen-bond donors (Lipinski definition) is 6. The molecule has 0 bridgehead atoms. The van der Waals surface area contributed by atoms with E-state index in [2.05, 4.69) is 36.0 Å². The van der Waals surface area contributed by atoms with Crippen molar-refractivity contribution in [1.29, 1.82) is 0 Å². The molecule has 3 atom stereocenters. The maximum Gasteiger partial charge on any atom is 0.246 e. The minimum atomic E-state index is -0.841. The summed E-state index contributed by atoms with van der Waals surface area (Å²) in [6.07, 6.45) is 0.601. The fourth-order valence-electron chi connectivity index (χ4n) is 8.26. The number of aromatic hydroxyl groups is 1. The first-order chi connectivity index (χ1) is 33.2. The Morgan fingerprint density at radius 2 is 1.54 bits per heavy atom. The number of phenolic OH excluding ortho intramolecular Hbond substituents is 1. The minimum Gasteiger partial charge on any atom is -0.507 e. The van der Waals surface area contributed by atoms with Gasteiger partial charge in [0.25, 0.3) is 0 Å². The van der Waals surface area contributed by atoms with E-state index < -0.39 is 23.5 Å². The van der Waals surface area contributed by atoms with Gasteiger partial charge in [0, 0.05) is 57.2 Å². The number of nitrogens with zero attached hydrogens (tertiary/aromatic N) is 5. The number of benzene rings is 2. The smallest absolute Gasteiger partial charge is 0.246 e. The van der Waals surface area contributed by atoms with Crippen LogP contribution in [-0.2, 0) is 44.7 Å². The van der Waals surface area contributed by atoms with Gasteiger partial charge in [-0.1, -0.05) is 57.2 Å². The molecular weight excluding hydrogens is 907 g/mol. The van der Waals surface area contributed by atoms with E-state index in [1.54, 1.807) is 29.5 Å². The lowest BCUT2D eigenvalue weighted by molar-refractivity contribution is -0.144. The molecule has 0 spiro atoms. The third-order valence-corrected chi connectivity index (χ3v) is 13.2. The number of aliphatic hydroxyl groups is 1. The lowest BCUT2D eigenvalue weighted by Crippen LogP contribution is -2.52. The van der Waals surface area contributed by atoms with Crippen LogP contribution in [0, 0.1) is 24.2 Å². The average molecular weight is 974 g/mol. The van der Waals surface area contributed by atoms with E-state index in [-0.39, 0.29) is 81.2 Å². The van der Waals surface area contributed by atoms with Gasteiger partial charge in [-0.3, -0.25) is 19.2 Å². The van der Waals surface area contributed by atoms with E-state index in [0.717, 1.165) is 27.4 Å². The highest BCUT2D eigenvalue weighted by Gasteiger charge is 2.44. The Kier molecular flexibility index (Phi) is 19.6. The first-order valence-corrected chi connectivity index (χ1v) is 24.3. The second kappa shape index (κ2) is 25.7. The fraction of sp³-hybridized carbons (Fsp3) is 0.531. The summed E-state index contributed by atoms with van der Waals surface area (Å²) in [5.41, 5.74) is 12.2. The number of rotatable bonds is 24. The molecular formula is C49H67N9O10S. The molecule has 7 N–H and O–H groups in total. The Labute approximate surface area is 407 Å². The summed E-state index contributed by atoms with van der Waals surface area (Å²) in [5, 5.41) is 37.7. The van der Waals surface area contributed by atoms with Crippen molar-refractivity contribution in [1.82, 2.24) is 36.0 Å². The second-order valence-electron chi connectivity index (χ2n) is 18.3. The maximum absolute atomic E-state index is 14.0. The summed E-state index contributed by atoms with van der Waals surface area (Å²) in [4.78, 5) is 61.8. The first kappa shape index (κ1) is 52.6. The van der Waals surface area contributed by atoms with Crippen LogP contribution in [0.3, 0.4) is 0 Å². The molecule has 0 radical (unpaired) electrons. The van der Waals surface area contributed by atoms with Gasteiger partial charge in [-0.15, -0.1) is 21.5 Å². The number of carbonyl (C=O) groups excluding carboxylic acids is 4. The predicted octanol–water partition coefficient (Wildman–Crippen LogP) is 3.32. The molecule has 20 heteroatoms. The quantitative estimate of drug-likeness (QED) is 0.0551. The number of β-amino-alcohol motifs (C(OH)–C–C–N with tert-alkyl or cyclic N) is 1. The van der Waals surface area contributed by atoms with Gasteiger partial charge in [-0.2, -0.15) is 0 Å². The van der Waals surface area contributed by atoms with Gasteiger partial charge >= 0.3 is 0 Å². The number of carbonyl (C=O) groups is 4. The molecule has 2 saturated heterocycles. The normalized spacial score (nSPS) is 16.9. The largest absolute Gasteiger partial charge is 0.507 e. The van der Waals surface area contributed by atoms with E-state index in [0.29, 0.717) is 82.6 Å². The second-order valence-corrected chi connectivity index (χ2v) is 19.1. The highest BCUT2D eigenvalue weighted by molar-refractivity contribution is 7.13. The molecule has 4 amide bonds. The number of nitrogens with one attached hydrogen (secondary N) is 3. The van der Waals surface area contributed by atoms with Gasteiger partial charge in [-0.25, -0.2) is 4.98 Å². The number of aliphatic hydroxyl groups excluding tert-OH is 1. The molecule has 374 valence electrons. The zero-order chi connectivity index (χ0) is 49.3. The van der Waals surface area contributed by atoms with E-state index in [1.165, 1.54) is 4.90 Å².